The predicted molar refractivity (Wildman–Crippen MR) is 146 cm³/mol. The molecule has 6 nitrogen and oxygen atoms in total. The van der Waals surface area contributed by atoms with Gasteiger partial charge in [-0.3, -0.25) is 4.98 Å². The Morgan fingerprint density at radius 1 is 1.06 bits per heavy atom. The first kappa shape index (κ1) is 24.6. The van der Waals surface area contributed by atoms with Gasteiger partial charge >= 0.3 is 0 Å². The lowest BCUT2D eigenvalue weighted by atomic mass is 10.0. The van der Waals surface area contributed by atoms with E-state index in [9.17, 15) is 0 Å². The first-order valence-electron chi connectivity index (χ1n) is 11.4. The van der Waals surface area contributed by atoms with E-state index in [-0.39, 0.29) is 12.1 Å². The van der Waals surface area contributed by atoms with Crippen molar-refractivity contribution in [3.8, 4) is 5.75 Å². The average molecular weight is 538 g/mol. The number of halogens is 1. The maximum atomic E-state index is 6.58. The van der Waals surface area contributed by atoms with Crippen LogP contribution < -0.4 is 15.0 Å². The van der Waals surface area contributed by atoms with Gasteiger partial charge in [-0.25, -0.2) is 0 Å². The third kappa shape index (κ3) is 5.37. The standard InChI is InChI=1S/C27H24ClN3O3S2/c1-32-15-16-33-22-11-10-18(17-20(22)28)31-26(25(30-27(31)35)21-9-5-6-14-29-21)23-12-13-24(34-23)36-19-7-3-2-4-8-19/h2-14,17,25-26H,15-16H2,1H3,(H,30,35). The fourth-order valence-corrected chi connectivity index (χ4v) is 5.44. The van der Waals surface area contributed by atoms with E-state index in [0.717, 1.165) is 27.1 Å². The Hall–Kier alpha value is -3.04. The molecule has 3 heterocycles. The zero-order chi connectivity index (χ0) is 24.9. The van der Waals surface area contributed by atoms with Crippen LogP contribution in [0.15, 0.2) is 99.5 Å². The summed E-state index contributed by atoms with van der Waals surface area (Å²) in [5.74, 6) is 1.36. The summed E-state index contributed by atoms with van der Waals surface area (Å²) in [6, 6.07) is 25.1. The van der Waals surface area contributed by atoms with Crippen molar-refractivity contribution in [3.05, 3.63) is 102 Å². The van der Waals surface area contributed by atoms with Gasteiger partial charge in [0.05, 0.1) is 23.4 Å². The number of methoxy groups -OCH3 is 1. The molecule has 9 heteroatoms. The summed E-state index contributed by atoms with van der Waals surface area (Å²) in [6.45, 7) is 0.895. The molecule has 2 aromatic carbocycles. The van der Waals surface area contributed by atoms with Crippen LogP contribution in [0.1, 0.15) is 23.5 Å². The van der Waals surface area contributed by atoms with E-state index in [2.05, 4.69) is 22.4 Å². The monoisotopic (exact) mass is 537 g/mol. The Morgan fingerprint density at radius 2 is 1.89 bits per heavy atom. The largest absolute Gasteiger partial charge is 0.490 e. The number of rotatable bonds is 9. The highest BCUT2D eigenvalue weighted by atomic mass is 35.5. The third-order valence-corrected chi connectivity index (χ3v) is 7.23. The van der Waals surface area contributed by atoms with Crippen LogP contribution in [0.2, 0.25) is 5.02 Å². The van der Waals surface area contributed by atoms with Crippen molar-refractivity contribution in [1.29, 1.82) is 0 Å². The summed E-state index contributed by atoms with van der Waals surface area (Å²) in [7, 11) is 1.63. The Kier molecular flexibility index (Phi) is 7.77. The minimum absolute atomic E-state index is 0.212. The molecule has 1 aliphatic heterocycles. The van der Waals surface area contributed by atoms with Crippen LogP contribution in [0.25, 0.3) is 0 Å². The van der Waals surface area contributed by atoms with Crippen LogP contribution in [0.4, 0.5) is 5.69 Å². The highest BCUT2D eigenvalue weighted by molar-refractivity contribution is 7.99. The maximum Gasteiger partial charge on any atom is 0.174 e. The number of nitrogens with zero attached hydrogens (tertiary/aromatic N) is 2. The topological polar surface area (TPSA) is 59.8 Å². The molecule has 184 valence electrons. The number of benzene rings is 2. The molecule has 0 amide bonds. The Labute approximate surface area is 224 Å². The molecule has 1 saturated heterocycles. The molecule has 0 radical (unpaired) electrons. The molecule has 1 aliphatic rings. The van der Waals surface area contributed by atoms with E-state index in [1.807, 2.05) is 71.6 Å². The molecular formula is C27H24ClN3O3S2. The van der Waals surface area contributed by atoms with Crippen molar-refractivity contribution in [2.24, 2.45) is 0 Å². The molecule has 1 fully saturated rings. The highest BCUT2D eigenvalue weighted by Gasteiger charge is 2.42. The number of nitrogens with one attached hydrogen (secondary N) is 1. The van der Waals surface area contributed by atoms with E-state index in [1.54, 1.807) is 25.1 Å². The zero-order valence-electron chi connectivity index (χ0n) is 19.5. The third-order valence-electron chi connectivity index (χ3n) is 5.69. The van der Waals surface area contributed by atoms with Gasteiger partial charge in [-0.1, -0.05) is 47.6 Å². The van der Waals surface area contributed by atoms with Crippen molar-refractivity contribution in [2.45, 2.75) is 22.1 Å². The van der Waals surface area contributed by atoms with Crippen molar-refractivity contribution < 1.29 is 13.9 Å². The highest BCUT2D eigenvalue weighted by Crippen LogP contribution is 2.44. The minimum atomic E-state index is -0.270. The number of thiocarbonyl (C=S) groups is 1. The molecule has 0 spiro atoms. The molecule has 2 atom stereocenters. The molecule has 0 bridgehead atoms. The lowest BCUT2D eigenvalue weighted by molar-refractivity contribution is 0.146. The molecule has 5 rings (SSSR count). The summed E-state index contributed by atoms with van der Waals surface area (Å²) >= 11 is 14.0. The summed E-state index contributed by atoms with van der Waals surface area (Å²) < 4.78 is 17.2. The Bertz CT molecular complexity index is 1320. The fraction of sp³-hybridized carbons (Fsp3) is 0.185. The summed E-state index contributed by atoms with van der Waals surface area (Å²) in [4.78, 5) is 7.72. The van der Waals surface area contributed by atoms with Gasteiger partial charge in [0.15, 0.2) is 10.2 Å². The van der Waals surface area contributed by atoms with E-state index in [0.29, 0.717) is 29.1 Å². The normalized spacial score (nSPS) is 17.3. The van der Waals surface area contributed by atoms with E-state index in [4.69, 9.17) is 37.7 Å². The maximum absolute atomic E-state index is 6.58. The molecule has 36 heavy (non-hydrogen) atoms. The average Bonchev–Trinajstić information content (AvgIpc) is 3.50. The number of pyridine rings is 1. The smallest absolute Gasteiger partial charge is 0.174 e. The quantitative estimate of drug-likeness (QED) is 0.187. The van der Waals surface area contributed by atoms with Gasteiger partial charge in [0.1, 0.15) is 24.2 Å². The molecule has 4 aromatic rings. The number of ether oxygens (including phenoxy) is 2. The molecule has 0 aliphatic carbocycles. The minimum Gasteiger partial charge on any atom is -0.490 e. The van der Waals surface area contributed by atoms with E-state index in [1.165, 1.54) is 0 Å². The van der Waals surface area contributed by atoms with Crippen LogP contribution in [-0.4, -0.2) is 30.4 Å². The molecule has 1 N–H and O–H groups in total. The van der Waals surface area contributed by atoms with Crippen LogP contribution in [0.5, 0.6) is 5.75 Å². The van der Waals surface area contributed by atoms with Gasteiger partial charge in [-0.05, 0) is 66.8 Å². The van der Waals surface area contributed by atoms with Crippen molar-refractivity contribution in [3.63, 3.8) is 0 Å². The van der Waals surface area contributed by atoms with Crippen molar-refractivity contribution in [1.82, 2.24) is 10.3 Å². The first-order valence-corrected chi connectivity index (χ1v) is 13.0. The molecule has 2 unspecified atom stereocenters. The predicted octanol–water partition coefficient (Wildman–Crippen LogP) is 6.68. The SMILES string of the molecule is COCCOc1ccc(N2C(=S)NC(c3ccccn3)C2c2ccc(Sc3ccccc3)o2)cc1Cl. The van der Waals surface area contributed by atoms with E-state index < -0.39 is 0 Å². The summed E-state index contributed by atoms with van der Waals surface area (Å²) in [5, 5.41) is 5.29. The fourth-order valence-electron chi connectivity index (χ4n) is 4.07. The van der Waals surface area contributed by atoms with Crippen LogP contribution >= 0.6 is 35.6 Å². The summed E-state index contributed by atoms with van der Waals surface area (Å²) in [5.41, 5.74) is 1.69. The second-order valence-electron chi connectivity index (χ2n) is 8.02. The van der Waals surface area contributed by atoms with Gasteiger partial charge in [-0.15, -0.1) is 0 Å². The lowest BCUT2D eigenvalue weighted by Crippen LogP contribution is -2.29. The second-order valence-corrected chi connectivity index (χ2v) is 9.90. The first-order chi connectivity index (χ1) is 17.6. The molecule has 0 saturated carbocycles. The van der Waals surface area contributed by atoms with Gasteiger partial charge in [0.2, 0.25) is 0 Å². The van der Waals surface area contributed by atoms with Crippen LogP contribution in [0, 0.1) is 0 Å². The number of hydrogen-bond donors (Lipinski definition) is 1. The van der Waals surface area contributed by atoms with Gasteiger partial charge in [0, 0.05) is 23.9 Å². The van der Waals surface area contributed by atoms with Crippen molar-refractivity contribution >= 4 is 46.4 Å². The number of aromatic nitrogens is 1. The van der Waals surface area contributed by atoms with Gasteiger partial charge in [0.25, 0.3) is 0 Å². The number of furan rings is 1. The Balaban J connectivity index is 1.49. The Morgan fingerprint density at radius 3 is 2.64 bits per heavy atom. The summed E-state index contributed by atoms with van der Waals surface area (Å²) in [6.07, 6.45) is 1.78. The lowest BCUT2D eigenvalue weighted by Gasteiger charge is -2.26. The van der Waals surface area contributed by atoms with Gasteiger partial charge < -0.3 is 24.1 Å². The van der Waals surface area contributed by atoms with Gasteiger partial charge in [-0.2, -0.15) is 0 Å². The molecular weight excluding hydrogens is 514 g/mol. The number of anilines is 1. The van der Waals surface area contributed by atoms with Crippen LogP contribution in [0.3, 0.4) is 0 Å². The molecule has 2 aromatic heterocycles. The van der Waals surface area contributed by atoms with Crippen molar-refractivity contribution in [2.75, 3.05) is 25.2 Å². The van der Waals surface area contributed by atoms with E-state index >= 15 is 0 Å². The number of hydrogen-bond acceptors (Lipinski definition) is 6. The second kappa shape index (κ2) is 11.3. The van der Waals surface area contributed by atoms with Crippen LogP contribution in [-0.2, 0) is 4.74 Å². The zero-order valence-corrected chi connectivity index (χ0v) is 21.9.